The summed E-state index contributed by atoms with van der Waals surface area (Å²) in [5.74, 6) is -1.15. The summed E-state index contributed by atoms with van der Waals surface area (Å²) in [6, 6.07) is 14.2. The number of anilines is 2. The van der Waals surface area contributed by atoms with E-state index < -0.39 is 11.9 Å². The van der Waals surface area contributed by atoms with Crippen LogP contribution in [0.15, 0.2) is 48.5 Å². The Balaban J connectivity index is 2.28. The number of amides is 2. The number of esters is 1. The second-order valence-corrected chi connectivity index (χ2v) is 7.69. The molecule has 0 atom stereocenters. The van der Waals surface area contributed by atoms with Crippen molar-refractivity contribution in [3.05, 3.63) is 59.7 Å². The zero-order chi connectivity index (χ0) is 21.6. The Labute approximate surface area is 171 Å². The van der Waals surface area contributed by atoms with Gasteiger partial charge in [0, 0.05) is 12.6 Å². The summed E-state index contributed by atoms with van der Waals surface area (Å²) in [7, 11) is 0. The van der Waals surface area contributed by atoms with Gasteiger partial charge in [0.1, 0.15) is 6.54 Å². The van der Waals surface area contributed by atoms with Crippen molar-refractivity contribution in [3.63, 3.8) is 0 Å². The Morgan fingerprint density at radius 2 is 1.62 bits per heavy atom. The third-order valence-electron chi connectivity index (χ3n) is 4.38. The molecule has 0 unspecified atom stereocenters. The lowest BCUT2D eigenvalue weighted by molar-refractivity contribution is -0.120. The van der Waals surface area contributed by atoms with Crippen molar-refractivity contribution in [2.24, 2.45) is 0 Å². The predicted octanol–water partition coefficient (Wildman–Crippen LogP) is 4.15. The van der Waals surface area contributed by atoms with Crippen LogP contribution in [0.4, 0.5) is 11.4 Å². The number of carbonyl (C=O) groups excluding carboxylic acids is 3. The topological polar surface area (TPSA) is 75.7 Å². The van der Waals surface area contributed by atoms with E-state index in [-0.39, 0.29) is 30.0 Å². The molecule has 0 fully saturated rings. The van der Waals surface area contributed by atoms with Crippen LogP contribution in [0.1, 0.15) is 50.5 Å². The largest absolute Gasteiger partial charge is 0.462 e. The van der Waals surface area contributed by atoms with Crippen molar-refractivity contribution in [2.75, 3.05) is 23.4 Å². The van der Waals surface area contributed by atoms with E-state index in [2.05, 4.69) is 26.1 Å². The van der Waals surface area contributed by atoms with Crippen LogP contribution < -0.4 is 10.2 Å². The van der Waals surface area contributed by atoms with Crippen molar-refractivity contribution in [2.45, 2.75) is 40.0 Å². The number of nitrogens with zero attached hydrogens (tertiary/aromatic N) is 1. The number of nitrogens with one attached hydrogen (secondary N) is 1. The predicted molar refractivity (Wildman–Crippen MR) is 114 cm³/mol. The number of hydrogen-bond donors (Lipinski definition) is 1. The second kappa shape index (κ2) is 9.37. The van der Waals surface area contributed by atoms with Crippen LogP contribution in [0.2, 0.25) is 0 Å². The fraction of sp³-hybridized carbons (Fsp3) is 0.348. The molecule has 0 aliphatic rings. The molecule has 0 aromatic heterocycles. The van der Waals surface area contributed by atoms with Gasteiger partial charge < -0.3 is 15.0 Å². The molecule has 1 N–H and O–H groups in total. The summed E-state index contributed by atoms with van der Waals surface area (Å²) in [5.41, 5.74) is 2.09. The lowest BCUT2D eigenvalue weighted by Gasteiger charge is -2.29. The molecule has 2 aromatic rings. The Morgan fingerprint density at radius 3 is 2.24 bits per heavy atom. The van der Waals surface area contributed by atoms with E-state index in [1.165, 1.54) is 11.8 Å². The van der Waals surface area contributed by atoms with Gasteiger partial charge in [0.2, 0.25) is 11.8 Å². The van der Waals surface area contributed by atoms with Crippen LogP contribution in [-0.4, -0.2) is 30.9 Å². The Kier molecular flexibility index (Phi) is 7.15. The zero-order valence-corrected chi connectivity index (χ0v) is 17.6. The van der Waals surface area contributed by atoms with E-state index in [1.807, 2.05) is 24.3 Å². The summed E-state index contributed by atoms with van der Waals surface area (Å²) in [5, 5.41) is 2.73. The van der Waals surface area contributed by atoms with Crippen molar-refractivity contribution < 1.29 is 19.1 Å². The fourth-order valence-electron chi connectivity index (χ4n) is 3.02. The van der Waals surface area contributed by atoms with Crippen LogP contribution in [0.3, 0.4) is 0 Å². The fourth-order valence-corrected chi connectivity index (χ4v) is 3.02. The van der Waals surface area contributed by atoms with E-state index in [0.717, 1.165) is 5.56 Å². The quantitative estimate of drug-likeness (QED) is 0.744. The Bertz CT molecular complexity index is 900. The summed E-state index contributed by atoms with van der Waals surface area (Å²) < 4.78 is 5.04. The standard InChI is InChI=1S/C23H28N2O4/c1-6-29-22(28)17-11-7-9-13-19(17)24-21(27)15-25(16(2)26)20-14-10-8-12-18(20)23(3,4)5/h7-14H,6,15H2,1-5H3,(H,24,27). The van der Waals surface area contributed by atoms with Crippen molar-refractivity contribution in [1.82, 2.24) is 0 Å². The zero-order valence-electron chi connectivity index (χ0n) is 17.6. The van der Waals surface area contributed by atoms with Gasteiger partial charge >= 0.3 is 5.97 Å². The van der Waals surface area contributed by atoms with Crippen molar-refractivity contribution in [3.8, 4) is 0 Å². The summed E-state index contributed by atoms with van der Waals surface area (Å²) >= 11 is 0. The first kappa shape index (κ1) is 22.1. The highest BCUT2D eigenvalue weighted by atomic mass is 16.5. The maximum atomic E-state index is 12.7. The highest BCUT2D eigenvalue weighted by molar-refractivity contribution is 6.05. The second-order valence-electron chi connectivity index (χ2n) is 7.69. The van der Waals surface area contributed by atoms with Gasteiger partial charge in [0.25, 0.3) is 0 Å². The van der Waals surface area contributed by atoms with Crippen LogP contribution in [0.25, 0.3) is 0 Å². The third-order valence-corrected chi connectivity index (χ3v) is 4.38. The van der Waals surface area contributed by atoms with Crippen LogP contribution in [0, 0.1) is 0 Å². The minimum atomic E-state index is -0.509. The maximum Gasteiger partial charge on any atom is 0.340 e. The van der Waals surface area contributed by atoms with E-state index in [4.69, 9.17) is 4.74 Å². The van der Waals surface area contributed by atoms with E-state index in [0.29, 0.717) is 11.4 Å². The van der Waals surface area contributed by atoms with Gasteiger partial charge in [-0.1, -0.05) is 51.1 Å². The lowest BCUT2D eigenvalue weighted by atomic mass is 9.85. The molecular formula is C23H28N2O4. The third kappa shape index (κ3) is 5.67. The van der Waals surface area contributed by atoms with Crippen LogP contribution in [0.5, 0.6) is 0 Å². The van der Waals surface area contributed by atoms with E-state index in [9.17, 15) is 14.4 Å². The van der Waals surface area contributed by atoms with Crippen LogP contribution >= 0.6 is 0 Å². The molecule has 0 saturated heterocycles. The average Bonchev–Trinajstić information content (AvgIpc) is 2.66. The van der Waals surface area contributed by atoms with Gasteiger partial charge in [0.05, 0.1) is 17.9 Å². The number of carbonyl (C=O) groups is 3. The van der Waals surface area contributed by atoms with Crippen molar-refractivity contribution in [1.29, 1.82) is 0 Å². The number of ether oxygens (including phenoxy) is 1. The first-order valence-electron chi connectivity index (χ1n) is 9.58. The minimum absolute atomic E-state index is 0.167. The van der Waals surface area contributed by atoms with Crippen LogP contribution in [-0.2, 0) is 19.7 Å². The normalized spacial score (nSPS) is 10.9. The monoisotopic (exact) mass is 396 g/mol. The molecule has 6 nitrogen and oxygen atoms in total. The van der Waals surface area contributed by atoms with Gasteiger partial charge in [0.15, 0.2) is 0 Å². The van der Waals surface area contributed by atoms with E-state index >= 15 is 0 Å². The van der Waals surface area contributed by atoms with Gasteiger partial charge in [-0.15, -0.1) is 0 Å². The molecule has 0 radical (unpaired) electrons. The summed E-state index contributed by atoms with van der Waals surface area (Å²) in [4.78, 5) is 38.6. The number of para-hydroxylation sites is 2. The Hall–Kier alpha value is -3.15. The molecule has 2 amide bonds. The first-order valence-corrected chi connectivity index (χ1v) is 9.58. The summed E-state index contributed by atoms with van der Waals surface area (Å²) in [6.07, 6.45) is 0. The molecule has 0 heterocycles. The molecule has 0 spiro atoms. The van der Waals surface area contributed by atoms with E-state index in [1.54, 1.807) is 31.2 Å². The molecule has 0 aliphatic heterocycles. The maximum absolute atomic E-state index is 12.7. The number of hydrogen-bond acceptors (Lipinski definition) is 4. The highest BCUT2D eigenvalue weighted by Crippen LogP contribution is 2.32. The molecule has 154 valence electrons. The number of rotatable bonds is 6. The van der Waals surface area contributed by atoms with Crippen molar-refractivity contribution >= 4 is 29.2 Å². The molecule has 6 heteroatoms. The molecular weight excluding hydrogens is 368 g/mol. The molecule has 0 aliphatic carbocycles. The molecule has 29 heavy (non-hydrogen) atoms. The number of benzene rings is 2. The minimum Gasteiger partial charge on any atom is -0.462 e. The van der Waals surface area contributed by atoms with Gasteiger partial charge in [-0.3, -0.25) is 9.59 Å². The lowest BCUT2D eigenvalue weighted by Crippen LogP contribution is -2.38. The first-order chi connectivity index (χ1) is 13.6. The summed E-state index contributed by atoms with van der Waals surface area (Å²) in [6.45, 7) is 9.39. The molecule has 2 aromatic carbocycles. The molecule has 0 bridgehead atoms. The Morgan fingerprint density at radius 1 is 1.00 bits per heavy atom. The molecule has 0 saturated carbocycles. The van der Waals surface area contributed by atoms with Gasteiger partial charge in [-0.05, 0) is 36.1 Å². The SMILES string of the molecule is CCOC(=O)c1ccccc1NC(=O)CN(C(C)=O)c1ccccc1C(C)(C)C. The highest BCUT2D eigenvalue weighted by Gasteiger charge is 2.25. The average molecular weight is 396 g/mol. The molecule has 2 rings (SSSR count). The van der Waals surface area contributed by atoms with Gasteiger partial charge in [-0.25, -0.2) is 4.79 Å². The van der Waals surface area contributed by atoms with Gasteiger partial charge in [-0.2, -0.15) is 0 Å². The smallest absolute Gasteiger partial charge is 0.340 e.